The monoisotopic (exact) mass is 588 g/mol. The largest absolute Gasteiger partial charge is 0.490 e. The Kier molecular flexibility index (Phi) is 9.17. The number of hydrogen-bond acceptors (Lipinski definition) is 5. The highest BCUT2D eigenvalue weighted by molar-refractivity contribution is 6.30. The van der Waals surface area contributed by atoms with E-state index in [0.717, 1.165) is 42.6 Å². The molecule has 42 heavy (non-hydrogen) atoms. The summed E-state index contributed by atoms with van der Waals surface area (Å²) in [6.07, 6.45) is 3.72. The van der Waals surface area contributed by atoms with Gasteiger partial charge in [-0.3, -0.25) is 14.4 Å². The molecular formula is C34H37ClN2O5. The Labute approximate surface area is 252 Å². The Bertz CT molecular complexity index is 1420. The Morgan fingerprint density at radius 3 is 2.24 bits per heavy atom. The van der Waals surface area contributed by atoms with E-state index < -0.39 is 0 Å². The summed E-state index contributed by atoms with van der Waals surface area (Å²) in [6, 6.07) is 22.0. The number of amides is 2. The van der Waals surface area contributed by atoms with Crippen LogP contribution in [0.2, 0.25) is 5.02 Å². The number of rotatable bonds is 7. The van der Waals surface area contributed by atoms with Gasteiger partial charge in [0.1, 0.15) is 5.75 Å². The van der Waals surface area contributed by atoms with Crippen molar-refractivity contribution in [2.75, 3.05) is 16.4 Å². The summed E-state index contributed by atoms with van der Waals surface area (Å²) >= 11 is 6.11. The van der Waals surface area contributed by atoms with Gasteiger partial charge in [-0.15, -0.1) is 0 Å². The molecule has 1 fully saturated rings. The molecule has 7 nitrogen and oxygen atoms in total. The third-order valence-corrected chi connectivity index (χ3v) is 8.49. The summed E-state index contributed by atoms with van der Waals surface area (Å²) in [7, 11) is 0. The summed E-state index contributed by atoms with van der Waals surface area (Å²) in [5.41, 5.74) is 3.05. The lowest BCUT2D eigenvalue weighted by molar-refractivity contribution is -0.149. The molecule has 220 valence electrons. The van der Waals surface area contributed by atoms with E-state index in [-0.39, 0.29) is 41.9 Å². The second-order valence-electron chi connectivity index (χ2n) is 11.1. The molecule has 1 unspecified atom stereocenters. The normalized spacial score (nSPS) is 21.7. The number of carbonyl (C=O) groups is 3. The maximum atomic E-state index is 13.9. The molecule has 1 heterocycles. The van der Waals surface area contributed by atoms with Crippen LogP contribution in [-0.2, 0) is 14.3 Å². The Morgan fingerprint density at radius 1 is 0.929 bits per heavy atom. The van der Waals surface area contributed by atoms with Crippen molar-refractivity contribution in [3.05, 3.63) is 88.9 Å². The summed E-state index contributed by atoms with van der Waals surface area (Å²) in [6.45, 7) is 5.82. The van der Waals surface area contributed by atoms with Gasteiger partial charge >= 0.3 is 5.97 Å². The number of anilines is 2. The van der Waals surface area contributed by atoms with Crippen molar-refractivity contribution in [3.8, 4) is 5.75 Å². The minimum Gasteiger partial charge on any atom is -0.490 e. The fourth-order valence-electron chi connectivity index (χ4n) is 6.20. The van der Waals surface area contributed by atoms with Crippen molar-refractivity contribution in [1.29, 1.82) is 0 Å². The summed E-state index contributed by atoms with van der Waals surface area (Å²) in [5.74, 6) is 0.369. The van der Waals surface area contributed by atoms with Gasteiger partial charge in [-0.2, -0.15) is 0 Å². The minimum atomic E-state index is -0.228. The average Bonchev–Trinajstić information content (AvgIpc) is 2.99. The van der Waals surface area contributed by atoms with E-state index in [9.17, 15) is 14.4 Å². The van der Waals surface area contributed by atoms with Crippen LogP contribution in [0.25, 0.3) is 0 Å². The highest BCUT2D eigenvalue weighted by Gasteiger charge is 2.38. The van der Waals surface area contributed by atoms with Crippen LogP contribution in [0.4, 0.5) is 11.4 Å². The third kappa shape index (κ3) is 6.31. The number of nitrogens with zero attached hydrogens (tertiary/aromatic N) is 2. The first-order valence-electron chi connectivity index (χ1n) is 14.7. The maximum Gasteiger partial charge on any atom is 0.308 e. The molecule has 2 amide bonds. The third-order valence-electron chi connectivity index (χ3n) is 8.23. The maximum absolute atomic E-state index is 13.9. The van der Waals surface area contributed by atoms with E-state index in [1.807, 2.05) is 67.3 Å². The van der Waals surface area contributed by atoms with Crippen molar-refractivity contribution in [1.82, 2.24) is 0 Å². The van der Waals surface area contributed by atoms with Crippen molar-refractivity contribution >= 4 is 40.8 Å². The summed E-state index contributed by atoms with van der Waals surface area (Å²) < 4.78 is 11.4. The summed E-state index contributed by atoms with van der Waals surface area (Å²) in [4.78, 5) is 42.5. The van der Waals surface area contributed by atoms with Gasteiger partial charge < -0.3 is 19.3 Å². The lowest BCUT2D eigenvalue weighted by Gasteiger charge is -2.43. The van der Waals surface area contributed by atoms with Crippen molar-refractivity contribution in [3.63, 3.8) is 0 Å². The van der Waals surface area contributed by atoms with E-state index >= 15 is 0 Å². The zero-order valence-corrected chi connectivity index (χ0v) is 25.0. The molecule has 0 aromatic heterocycles. The zero-order valence-electron chi connectivity index (χ0n) is 24.3. The van der Waals surface area contributed by atoms with Crippen LogP contribution in [0.5, 0.6) is 5.75 Å². The number of halogens is 1. The lowest BCUT2D eigenvalue weighted by Crippen LogP contribution is -2.47. The minimum absolute atomic E-state index is 0.0352. The smallest absolute Gasteiger partial charge is 0.308 e. The second-order valence-corrected chi connectivity index (χ2v) is 11.5. The van der Waals surface area contributed by atoms with Gasteiger partial charge in [0.05, 0.1) is 24.7 Å². The highest BCUT2D eigenvalue weighted by Crippen LogP contribution is 2.43. The molecule has 0 bridgehead atoms. The van der Waals surface area contributed by atoms with Gasteiger partial charge in [-0.25, -0.2) is 0 Å². The van der Waals surface area contributed by atoms with Crippen LogP contribution < -0.4 is 14.5 Å². The molecule has 3 aromatic carbocycles. The first kappa shape index (κ1) is 29.6. The quantitative estimate of drug-likeness (QED) is 0.269. The van der Waals surface area contributed by atoms with E-state index in [2.05, 4.69) is 0 Å². The van der Waals surface area contributed by atoms with E-state index in [1.165, 1.54) is 0 Å². The van der Waals surface area contributed by atoms with Crippen molar-refractivity contribution < 1.29 is 23.9 Å². The Morgan fingerprint density at radius 2 is 1.60 bits per heavy atom. The van der Waals surface area contributed by atoms with Crippen molar-refractivity contribution in [2.24, 2.45) is 5.92 Å². The molecule has 3 aromatic rings. The standard InChI is InChI=1S/C34H37ClN2O5/c1-4-41-34(40)25-11-19-29(20-12-25)42-28-17-9-24(10-18-28)33(39)36-22(2)21-32(30-7-5-6-8-31(30)36)37(23(3)38)27-15-13-26(35)14-16-27/h5-10,13-18,22,25,29,32H,4,11-12,19-21H2,1-3H3/t22-,25?,29?,32?/m0/s1. The van der Waals surface area contributed by atoms with Crippen LogP contribution in [0.1, 0.15) is 74.8 Å². The predicted octanol–water partition coefficient (Wildman–Crippen LogP) is 7.37. The fraction of sp³-hybridized carbons (Fsp3) is 0.382. The van der Waals surface area contributed by atoms with Crippen molar-refractivity contribution in [2.45, 2.75) is 71.1 Å². The first-order valence-corrected chi connectivity index (χ1v) is 15.1. The number of carbonyl (C=O) groups excluding carboxylic acids is 3. The number of esters is 1. The molecule has 5 rings (SSSR count). The molecule has 1 aliphatic carbocycles. The Hall–Kier alpha value is -3.84. The number of ether oxygens (including phenoxy) is 2. The zero-order chi connectivity index (χ0) is 29.8. The first-order chi connectivity index (χ1) is 20.3. The lowest BCUT2D eigenvalue weighted by atomic mass is 9.87. The molecule has 0 spiro atoms. The molecule has 1 saturated carbocycles. The highest BCUT2D eigenvalue weighted by atomic mass is 35.5. The van der Waals surface area contributed by atoms with Gasteiger partial charge in [-0.1, -0.05) is 29.8 Å². The molecule has 0 N–H and O–H groups in total. The van der Waals surface area contributed by atoms with E-state index in [0.29, 0.717) is 29.4 Å². The van der Waals surface area contributed by atoms with Crippen LogP contribution in [0.3, 0.4) is 0 Å². The van der Waals surface area contributed by atoms with Gasteiger partial charge in [0.15, 0.2) is 0 Å². The SMILES string of the molecule is CCOC(=O)C1CCC(Oc2ccc(C(=O)N3c4ccccc4C(N(C(C)=O)c4ccc(Cl)cc4)C[C@@H]3C)cc2)CC1. The molecule has 8 heteroatoms. The van der Waals surface area contributed by atoms with Gasteiger partial charge in [0, 0.05) is 34.9 Å². The van der Waals surface area contributed by atoms with Crippen LogP contribution in [0, 0.1) is 5.92 Å². The van der Waals surface area contributed by atoms with Gasteiger partial charge in [0.2, 0.25) is 5.91 Å². The molecular weight excluding hydrogens is 552 g/mol. The van der Waals surface area contributed by atoms with Gasteiger partial charge in [0.25, 0.3) is 5.91 Å². The Balaban J connectivity index is 1.31. The van der Waals surface area contributed by atoms with Crippen LogP contribution in [-0.4, -0.2) is 36.5 Å². The number of fused-ring (bicyclic) bond motifs is 1. The van der Waals surface area contributed by atoms with Crippen LogP contribution in [0.15, 0.2) is 72.8 Å². The topological polar surface area (TPSA) is 76.2 Å². The van der Waals surface area contributed by atoms with Gasteiger partial charge in [-0.05, 0) is 106 Å². The number of para-hydroxylation sites is 1. The molecule has 0 saturated heterocycles. The molecule has 0 radical (unpaired) electrons. The predicted molar refractivity (Wildman–Crippen MR) is 164 cm³/mol. The van der Waals surface area contributed by atoms with Crippen LogP contribution >= 0.6 is 11.6 Å². The second kappa shape index (κ2) is 13.0. The van der Waals surface area contributed by atoms with E-state index in [4.69, 9.17) is 21.1 Å². The van der Waals surface area contributed by atoms with E-state index in [1.54, 1.807) is 36.1 Å². The molecule has 2 aliphatic rings. The number of hydrogen-bond donors (Lipinski definition) is 0. The molecule has 2 atom stereocenters. The summed E-state index contributed by atoms with van der Waals surface area (Å²) in [5, 5.41) is 0.606. The number of benzene rings is 3. The fourth-order valence-corrected chi connectivity index (χ4v) is 6.33. The molecule has 1 aliphatic heterocycles. The average molecular weight is 589 g/mol.